The Morgan fingerprint density at radius 1 is 1.06 bits per heavy atom. The Morgan fingerprint density at radius 3 is 2.56 bits per heavy atom. The van der Waals surface area contributed by atoms with Crippen LogP contribution in [0.4, 0.5) is 0 Å². The van der Waals surface area contributed by atoms with Crippen molar-refractivity contribution in [2.75, 3.05) is 6.61 Å². The van der Waals surface area contributed by atoms with Gasteiger partial charge in [0.05, 0.1) is 6.61 Å². The van der Waals surface area contributed by atoms with E-state index in [0.717, 1.165) is 22.9 Å². The third kappa shape index (κ3) is 3.24. The summed E-state index contributed by atoms with van der Waals surface area (Å²) >= 11 is 5.78. The highest BCUT2D eigenvalue weighted by atomic mass is 35.5. The molecular formula is C13H12ClNO. The quantitative estimate of drug-likeness (QED) is 0.808. The van der Waals surface area contributed by atoms with Gasteiger partial charge in [-0.3, -0.25) is 4.98 Å². The van der Waals surface area contributed by atoms with Gasteiger partial charge in [-0.2, -0.15) is 0 Å². The maximum Gasteiger partial charge on any atom is 0.119 e. The highest BCUT2D eigenvalue weighted by Crippen LogP contribution is 2.15. The molecule has 0 N–H and O–H groups in total. The predicted octanol–water partition coefficient (Wildman–Crippen LogP) is 3.36. The van der Waals surface area contributed by atoms with Crippen molar-refractivity contribution in [3.05, 3.63) is 59.4 Å². The molecule has 1 aromatic carbocycles. The fourth-order valence-corrected chi connectivity index (χ4v) is 1.48. The van der Waals surface area contributed by atoms with E-state index in [9.17, 15) is 0 Å². The molecule has 2 rings (SSSR count). The van der Waals surface area contributed by atoms with Crippen LogP contribution in [-0.2, 0) is 6.42 Å². The van der Waals surface area contributed by atoms with E-state index in [1.165, 1.54) is 0 Å². The molecule has 0 amide bonds. The van der Waals surface area contributed by atoms with Gasteiger partial charge < -0.3 is 4.74 Å². The third-order valence-electron chi connectivity index (χ3n) is 2.17. The number of halogens is 1. The van der Waals surface area contributed by atoms with Gasteiger partial charge in [0, 0.05) is 23.3 Å². The molecule has 16 heavy (non-hydrogen) atoms. The van der Waals surface area contributed by atoms with Gasteiger partial charge in [-0.1, -0.05) is 17.7 Å². The molecule has 0 bridgehead atoms. The highest BCUT2D eigenvalue weighted by Gasteiger charge is 1.96. The minimum absolute atomic E-state index is 0.624. The van der Waals surface area contributed by atoms with Crippen molar-refractivity contribution in [2.24, 2.45) is 0 Å². The number of hydrogen-bond acceptors (Lipinski definition) is 2. The fraction of sp³-hybridized carbons (Fsp3) is 0.154. The molecule has 0 saturated carbocycles. The Morgan fingerprint density at radius 2 is 1.88 bits per heavy atom. The number of hydrogen-bond donors (Lipinski definition) is 0. The molecule has 0 saturated heterocycles. The maximum atomic E-state index is 5.78. The number of aromatic nitrogens is 1. The predicted molar refractivity (Wildman–Crippen MR) is 64.9 cm³/mol. The highest BCUT2D eigenvalue weighted by molar-refractivity contribution is 6.30. The Bertz CT molecular complexity index is 427. The van der Waals surface area contributed by atoms with Crippen LogP contribution in [0.1, 0.15) is 5.69 Å². The summed E-state index contributed by atoms with van der Waals surface area (Å²) in [5.74, 6) is 0.834. The Labute approximate surface area is 99.9 Å². The van der Waals surface area contributed by atoms with Crippen molar-refractivity contribution in [1.82, 2.24) is 4.98 Å². The van der Waals surface area contributed by atoms with Gasteiger partial charge in [0.1, 0.15) is 5.75 Å². The van der Waals surface area contributed by atoms with Crippen LogP contribution in [0.5, 0.6) is 5.75 Å². The third-order valence-corrected chi connectivity index (χ3v) is 2.42. The standard InChI is InChI=1S/C13H12ClNO/c14-11-4-6-13(7-5-11)16-10-8-12-3-1-2-9-15-12/h1-7,9H,8,10H2. The minimum atomic E-state index is 0.624. The molecule has 0 fully saturated rings. The fourth-order valence-electron chi connectivity index (χ4n) is 1.35. The van der Waals surface area contributed by atoms with Crippen LogP contribution < -0.4 is 4.74 Å². The summed E-state index contributed by atoms with van der Waals surface area (Å²) in [5.41, 5.74) is 1.04. The first-order chi connectivity index (χ1) is 7.84. The lowest BCUT2D eigenvalue weighted by atomic mass is 10.3. The minimum Gasteiger partial charge on any atom is -0.493 e. The van der Waals surface area contributed by atoms with Crippen molar-refractivity contribution >= 4 is 11.6 Å². The lowest BCUT2D eigenvalue weighted by molar-refractivity contribution is 0.320. The molecule has 0 aliphatic heterocycles. The van der Waals surface area contributed by atoms with E-state index in [0.29, 0.717) is 6.61 Å². The van der Waals surface area contributed by atoms with Crippen LogP contribution >= 0.6 is 11.6 Å². The molecule has 2 nitrogen and oxygen atoms in total. The summed E-state index contributed by atoms with van der Waals surface area (Å²) in [7, 11) is 0. The van der Waals surface area contributed by atoms with Crippen molar-refractivity contribution in [3.8, 4) is 5.75 Å². The van der Waals surface area contributed by atoms with Crippen LogP contribution in [-0.4, -0.2) is 11.6 Å². The Hall–Kier alpha value is -1.54. The maximum absolute atomic E-state index is 5.78. The lowest BCUT2D eigenvalue weighted by Crippen LogP contribution is -2.02. The van der Waals surface area contributed by atoms with Crippen molar-refractivity contribution in [1.29, 1.82) is 0 Å². The van der Waals surface area contributed by atoms with Gasteiger partial charge in [-0.05, 0) is 36.4 Å². The molecule has 0 unspecified atom stereocenters. The smallest absolute Gasteiger partial charge is 0.119 e. The summed E-state index contributed by atoms with van der Waals surface area (Å²) in [4.78, 5) is 4.22. The van der Waals surface area contributed by atoms with E-state index in [-0.39, 0.29) is 0 Å². The zero-order valence-corrected chi connectivity index (χ0v) is 9.52. The van der Waals surface area contributed by atoms with E-state index in [4.69, 9.17) is 16.3 Å². The summed E-state index contributed by atoms with van der Waals surface area (Å²) in [6, 6.07) is 13.2. The Balaban J connectivity index is 1.82. The van der Waals surface area contributed by atoms with E-state index < -0.39 is 0 Å². The van der Waals surface area contributed by atoms with E-state index in [1.807, 2.05) is 42.5 Å². The van der Waals surface area contributed by atoms with Gasteiger partial charge in [0.15, 0.2) is 0 Å². The second-order valence-electron chi connectivity index (χ2n) is 3.37. The lowest BCUT2D eigenvalue weighted by Gasteiger charge is -2.05. The summed E-state index contributed by atoms with van der Waals surface area (Å²) in [6.07, 6.45) is 2.60. The van der Waals surface area contributed by atoms with Gasteiger partial charge in [-0.25, -0.2) is 0 Å². The van der Waals surface area contributed by atoms with Crippen LogP contribution in [0.25, 0.3) is 0 Å². The van der Waals surface area contributed by atoms with Crippen LogP contribution in [0.3, 0.4) is 0 Å². The number of nitrogens with zero attached hydrogens (tertiary/aromatic N) is 1. The van der Waals surface area contributed by atoms with Gasteiger partial charge in [-0.15, -0.1) is 0 Å². The molecular weight excluding hydrogens is 222 g/mol. The molecule has 82 valence electrons. The second-order valence-corrected chi connectivity index (χ2v) is 3.81. The molecule has 3 heteroatoms. The Kier molecular flexibility index (Phi) is 3.78. The zero-order valence-electron chi connectivity index (χ0n) is 8.77. The number of benzene rings is 1. The molecule has 0 spiro atoms. The molecule has 2 aromatic rings. The summed E-state index contributed by atoms with van der Waals surface area (Å²) < 4.78 is 5.57. The molecule has 0 radical (unpaired) electrons. The van der Waals surface area contributed by atoms with Gasteiger partial charge in [0.25, 0.3) is 0 Å². The first-order valence-corrected chi connectivity index (χ1v) is 5.51. The first kappa shape index (κ1) is 11.0. The van der Waals surface area contributed by atoms with E-state index in [2.05, 4.69) is 4.98 Å². The van der Waals surface area contributed by atoms with Crippen LogP contribution in [0.2, 0.25) is 5.02 Å². The van der Waals surface area contributed by atoms with Gasteiger partial charge >= 0.3 is 0 Å². The average molecular weight is 234 g/mol. The van der Waals surface area contributed by atoms with Crippen molar-refractivity contribution < 1.29 is 4.74 Å². The monoisotopic (exact) mass is 233 g/mol. The second kappa shape index (κ2) is 5.52. The van der Waals surface area contributed by atoms with Gasteiger partial charge in [0.2, 0.25) is 0 Å². The summed E-state index contributed by atoms with van der Waals surface area (Å²) in [6.45, 7) is 0.624. The number of rotatable bonds is 4. The molecule has 0 aliphatic carbocycles. The van der Waals surface area contributed by atoms with Crippen molar-refractivity contribution in [2.45, 2.75) is 6.42 Å². The van der Waals surface area contributed by atoms with Crippen LogP contribution in [0.15, 0.2) is 48.7 Å². The van der Waals surface area contributed by atoms with E-state index in [1.54, 1.807) is 6.20 Å². The largest absolute Gasteiger partial charge is 0.493 e. The van der Waals surface area contributed by atoms with Crippen molar-refractivity contribution in [3.63, 3.8) is 0 Å². The average Bonchev–Trinajstić information content (AvgIpc) is 2.33. The molecule has 0 aliphatic rings. The van der Waals surface area contributed by atoms with Crippen LogP contribution in [0, 0.1) is 0 Å². The molecule has 1 aromatic heterocycles. The number of ether oxygens (including phenoxy) is 1. The molecule has 1 heterocycles. The first-order valence-electron chi connectivity index (χ1n) is 5.13. The normalized spacial score (nSPS) is 10.1. The SMILES string of the molecule is Clc1ccc(OCCc2ccccn2)cc1. The topological polar surface area (TPSA) is 22.1 Å². The molecule has 0 atom stereocenters. The zero-order chi connectivity index (χ0) is 11.2. The van der Waals surface area contributed by atoms with E-state index >= 15 is 0 Å². The number of pyridine rings is 1. The summed E-state index contributed by atoms with van der Waals surface area (Å²) in [5, 5.41) is 0.720.